The largest absolute Gasteiger partial charge is 0.497 e. The number of anilines is 2. The van der Waals surface area contributed by atoms with Crippen molar-refractivity contribution in [2.45, 2.75) is 6.42 Å². The lowest BCUT2D eigenvalue weighted by Crippen LogP contribution is -2.16. The molecule has 0 aliphatic rings. The van der Waals surface area contributed by atoms with Gasteiger partial charge in [0.2, 0.25) is 5.91 Å². The second kappa shape index (κ2) is 7.19. The third kappa shape index (κ3) is 4.31. The van der Waals surface area contributed by atoms with Gasteiger partial charge in [-0.1, -0.05) is 24.3 Å². The Morgan fingerprint density at radius 1 is 1.05 bits per heavy atom. The van der Waals surface area contributed by atoms with Gasteiger partial charge in [0.25, 0.3) is 0 Å². The molecule has 0 aliphatic heterocycles. The van der Waals surface area contributed by atoms with Gasteiger partial charge in [-0.3, -0.25) is 4.79 Å². The van der Waals surface area contributed by atoms with Gasteiger partial charge in [-0.25, -0.2) is 0 Å². The van der Waals surface area contributed by atoms with Crippen molar-refractivity contribution in [3.63, 3.8) is 0 Å². The van der Waals surface area contributed by atoms with Crippen molar-refractivity contribution in [3.05, 3.63) is 54.6 Å². The maximum Gasteiger partial charge on any atom is 0.226 e. The Kier molecular flexibility index (Phi) is 5.00. The Hall–Kier alpha value is -2.49. The first kappa shape index (κ1) is 13.9. The van der Waals surface area contributed by atoms with Crippen LogP contribution >= 0.6 is 0 Å². The normalized spacial score (nSPS) is 9.85. The van der Waals surface area contributed by atoms with Gasteiger partial charge < -0.3 is 15.4 Å². The van der Waals surface area contributed by atoms with E-state index in [0.29, 0.717) is 13.0 Å². The summed E-state index contributed by atoms with van der Waals surface area (Å²) in [6, 6.07) is 17.1. The minimum absolute atomic E-state index is 0.00778. The summed E-state index contributed by atoms with van der Waals surface area (Å²) in [4.78, 5) is 11.7. The number of para-hydroxylation sites is 1. The van der Waals surface area contributed by atoms with Crippen LogP contribution < -0.4 is 15.4 Å². The maximum atomic E-state index is 11.7. The Morgan fingerprint density at radius 3 is 2.55 bits per heavy atom. The smallest absolute Gasteiger partial charge is 0.226 e. The molecule has 2 aromatic rings. The molecule has 0 unspecified atom stereocenters. The molecule has 0 aliphatic carbocycles. The lowest BCUT2D eigenvalue weighted by Gasteiger charge is -2.08. The topological polar surface area (TPSA) is 50.4 Å². The van der Waals surface area contributed by atoms with Crippen LogP contribution in [0.25, 0.3) is 0 Å². The van der Waals surface area contributed by atoms with E-state index in [-0.39, 0.29) is 5.91 Å². The zero-order valence-corrected chi connectivity index (χ0v) is 11.4. The van der Waals surface area contributed by atoms with Gasteiger partial charge in [0.15, 0.2) is 0 Å². The minimum Gasteiger partial charge on any atom is -0.497 e. The Labute approximate surface area is 118 Å². The molecular weight excluding hydrogens is 252 g/mol. The van der Waals surface area contributed by atoms with Crippen LogP contribution in [0, 0.1) is 0 Å². The van der Waals surface area contributed by atoms with Crippen molar-refractivity contribution in [3.8, 4) is 5.75 Å². The molecular formula is C16H18N2O2. The molecule has 2 N–H and O–H groups in total. The van der Waals surface area contributed by atoms with Crippen LogP contribution in [-0.2, 0) is 4.79 Å². The van der Waals surface area contributed by atoms with Gasteiger partial charge in [-0.2, -0.15) is 0 Å². The second-order valence-electron chi connectivity index (χ2n) is 4.32. The number of carbonyl (C=O) groups excluding carboxylic acids is 1. The Balaban J connectivity index is 1.76. The molecule has 0 aromatic heterocycles. The highest BCUT2D eigenvalue weighted by atomic mass is 16.5. The van der Waals surface area contributed by atoms with Gasteiger partial charge in [-0.15, -0.1) is 0 Å². The summed E-state index contributed by atoms with van der Waals surface area (Å²) in [5, 5.41) is 6.04. The van der Waals surface area contributed by atoms with Crippen molar-refractivity contribution in [1.29, 1.82) is 0 Å². The van der Waals surface area contributed by atoms with Crippen molar-refractivity contribution >= 4 is 17.3 Å². The van der Waals surface area contributed by atoms with Gasteiger partial charge >= 0.3 is 0 Å². The highest BCUT2D eigenvalue weighted by Gasteiger charge is 2.02. The molecule has 0 spiro atoms. The number of ether oxygens (including phenoxy) is 1. The van der Waals surface area contributed by atoms with E-state index in [4.69, 9.17) is 4.74 Å². The van der Waals surface area contributed by atoms with Crippen LogP contribution in [0.4, 0.5) is 11.4 Å². The van der Waals surface area contributed by atoms with Crippen LogP contribution in [-0.4, -0.2) is 19.6 Å². The highest BCUT2D eigenvalue weighted by Crippen LogP contribution is 2.16. The molecule has 0 radical (unpaired) electrons. The summed E-state index contributed by atoms with van der Waals surface area (Å²) in [5.74, 6) is 0.787. The molecule has 0 bridgehead atoms. The number of hydrogen-bond donors (Lipinski definition) is 2. The third-order valence-corrected chi connectivity index (χ3v) is 2.81. The number of hydrogen-bond acceptors (Lipinski definition) is 3. The van der Waals surface area contributed by atoms with Crippen LogP contribution in [0.5, 0.6) is 5.75 Å². The monoisotopic (exact) mass is 270 g/mol. The van der Waals surface area contributed by atoms with E-state index in [0.717, 1.165) is 17.1 Å². The van der Waals surface area contributed by atoms with E-state index < -0.39 is 0 Å². The van der Waals surface area contributed by atoms with Crippen molar-refractivity contribution in [2.24, 2.45) is 0 Å². The first-order valence-corrected chi connectivity index (χ1v) is 6.51. The molecule has 4 heteroatoms. The molecule has 2 rings (SSSR count). The van der Waals surface area contributed by atoms with Crippen LogP contribution in [0.15, 0.2) is 54.6 Å². The maximum absolute atomic E-state index is 11.7. The van der Waals surface area contributed by atoms with Crippen LogP contribution in [0.3, 0.4) is 0 Å². The molecule has 4 nitrogen and oxygen atoms in total. The lowest BCUT2D eigenvalue weighted by atomic mass is 10.3. The fraction of sp³-hybridized carbons (Fsp3) is 0.188. The SMILES string of the molecule is COc1cccc(NCCC(=O)Nc2ccccc2)c1. The number of rotatable bonds is 6. The average Bonchev–Trinajstić information content (AvgIpc) is 2.48. The molecule has 20 heavy (non-hydrogen) atoms. The van der Waals surface area contributed by atoms with Gasteiger partial charge in [0, 0.05) is 30.4 Å². The van der Waals surface area contributed by atoms with E-state index in [9.17, 15) is 4.79 Å². The molecule has 0 saturated heterocycles. The summed E-state index contributed by atoms with van der Waals surface area (Å²) < 4.78 is 5.14. The third-order valence-electron chi connectivity index (χ3n) is 2.81. The van der Waals surface area contributed by atoms with E-state index in [1.807, 2.05) is 54.6 Å². The van der Waals surface area contributed by atoms with E-state index in [1.165, 1.54) is 0 Å². The zero-order valence-electron chi connectivity index (χ0n) is 11.4. The lowest BCUT2D eigenvalue weighted by molar-refractivity contribution is -0.115. The number of benzene rings is 2. The van der Waals surface area contributed by atoms with E-state index in [1.54, 1.807) is 7.11 Å². The molecule has 0 heterocycles. The fourth-order valence-corrected chi connectivity index (χ4v) is 1.80. The first-order chi connectivity index (χ1) is 9.78. The summed E-state index contributed by atoms with van der Waals surface area (Å²) in [6.45, 7) is 0.575. The molecule has 104 valence electrons. The summed E-state index contributed by atoms with van der Waals surface area (Å²) in [7, 11) is 1.63. The summed E-state index contributed by atoms with van der Waals surface area (Å²) in [5.41, 5.74) is 1.76. The number of nitrogens with one attached hydrogen (secondary N) is 2. The van der Waals surface area contributed by atoms with Crippen LogP contribution in [0.2, 0.25) is 0 Å². The number of carbonyl (C=O) groups is 1. The first-order valence-electron chi connectivity index (χ1n) is 6.51. The van der Waals surface area contributed by atoms with Gasteiger partial charge in [-0.05, 0) is 24.3 Å². The summed E-state index contributed by atoms with van der Waals surface area (Å²) in [6.07, 6.45) is 0.409. The molecule has 0 fully saturated rings. The van der Waals surface area contributed by atoms with E-state index in [2.05, 4.69) is 10.6 Å². The second-order valence-corrected chi connectivity index (χ2v) is 4.32. The molecule has 0 atom stereocenters. The Bertz CT molecular complexity index is 555. The molecule has 1 amide bonds. The summed E-state index contributed by atoms with van der Waals surface area (Å²) >= 11 is 0. The van der Waals surface area contributed by atoms with Crippen molar-refractivity contribution < 1.29 is 9.53 Å². The van der Waals surface area contributed by atoms with Gasteiger partial charge in [0.1, 0.15) is 5.75 Å². The van der Waals surface area contributed by atoms with Crippen LogP contribution in [0.1, 0.15) is 6.42 Å². The van der Waals surface area contributed by atoms with Crippen molar-refractivity contribution in [2.75, 3.05) is 24.3 Å². The number of methoxy groups -OCH3 is 1. The molecule has 0 saturated carbocycles. The predicted molar refractivity (Wildman–Crippen MR) is 81.2 cm³/mol. The van der Waals surface area contributed by atoms with Gasteiger partial charge in [0.05, 0.1) is 7.11 Å². The standard InChI is InChI=1S/C16H18N2O2/c1-20-15-9-5-8-14(12-15)17-11-10-16(19)18-13-6-3-2-4-7-13/h2-9,12,17H,10-11H2,1H3,(H,18,19). The predicted octanol–water partition coefficient (Wildman–Crippen LogP) is 3.14. The van der Waals surface area contributed by atoms with Crippen molar-refractivity contribution in [1.82, 2.24) is 0 Å². The zero-order chi connectivity index (χ0) is 14.2. The fourth-order valence-electron chi connectivity index (χ4n) is 1.80. The molecule has 2 aromatic carbocycles. The Morgan fingerprint density at radius 2 is 1.80 bits per heavy atom. The highest BCUT2D eigenvalue weighted by molar-refractivity contribution is 5.90. The quantitative estimate of drug-likeness (QED) is 0.848. The number of amides is 1. The average molecular weight is 270 g/mol. The van der Waals surface area contributed by atoms with E-state index >= 15 is 0 Å². The minimum atomic E-state index is -0.00778.